The summed E-state index contributed by atoms with van der Waals surface area (Å²) in [4.78, 5) is 25.1. The quantitative estimate of drug-likeness (QED) is 0.800. The average Bonchev–Trinajstić information content (AvgIpc) is 2.74. The number of rotatable bonds is 2. The van der Waals surface area contributed by atoms with Crippen molar-refractivity contribution >= 4 is 11.9 Å². The lowest BCUT2D eigenvalue weighted by Crippen LogP contribution is -2.40. The number of carboxylic acid groups (broad SMARTS) is 1. The van der Waals surface area contributed by atoms with Crippen LogP contribution in [0.3, 0.4) is 0 Å². The van der Waals surface area contributed by atoms with E-state index in [4.69, 9.17) is 5.11 Å². The van der Waals surface area contributed by atoms with Crippen LogP contribution in [0.5, 0.6) is 0 Å². The zero-order valence-electron chi connectivity index (χ0n) is 10.4. The van der Waals surface area contributed by atoms with Gasteiger partial charge in [-0.15, -0.1) is 0 Å². The standard InChI is InChI=1S/C13H21NO3/c1-9-3-2-8-14(9)12(15)10-4-6-11(7-5-10)13(16)17/h9-11H,2-8H2,1H3,(H,16,17). The van der Waals surface area contributed by atoms with E-state index in [0.29, 0.717) is 18.9 Å². The third kappa shape index (κ3) is 2.61. The molecule has 1 N–H and O–H groups in total. The zero-order valence-corrected chi connectivity index (χ0v) is 10.4. The van der Waals surface area contributed by atoms with Gasteiger partial charge in [-0.1, -0.05) is 0 Å². The second-order valence-corrected chi connectivity index (χ2v) is 5.41. The lowest BCUT2D eigenvalue weighted by atomic mass is 9.81. The average molecular weight is 239 g/mol. The van der Waals surface area contributed by atoms with E-state index in [2.05, 4.69) is 6.92 Å². The van der Waals surface area contributed by atoms with Gasteiger partial charge < -0.3 is 10.0 Å². The van der Waals surface area contributed by atoms with E-state index in [1.54, 1.807) is 0 Å². The van der Waals surface area contributed by atoms with Crippen LogP contribution in [0.25, 0.3) is 0 Å². The number of carbonyl (C=O) groups excluding carboxylic acids is 1. The fourth-order valence-electron chi connectivity index (χ4n) is 3.08. The van der Waals surface area contributed by atoms with E-state index in [0.717, 1.165) is 32.2 Å². The Labute approximate surface area is 102 Å². The molecule has 1 saturated heterocycles. The summed E-state index contributed by atoms with van der Waals surface area (Å²) in [6, 6.07) is 0.375. The van der Waals surface area contributed by atoms with Gasteiger partial charge in [0.1, 0.15) is 0 Å². The fraction of sp³-hybridized carbons (Fsp3) is 0.846. The molecule has 1 saturated carbocycles. The highest BCUT2D eigenvalue weighted by Gasteiger charge is 2.34. The van der Waals surface area contributed by atoms with Crippen LogP contribution in [-0.4, -0.2) is 34.5 Å². The number of carboxylic acids is 1. The molecule has 1 aliphatic carbocycles. The zero-order chi connectivity index (χ0) is 12.4. The predicted octanol–water partition coefficient (Wildman–Crippen LogP) is 1.89. The summed E-state index contributed by atoms with van der Waals surface area (Å²) in [5.74, 6) is -0.592. The number of amides is 1. The highest BCUT2D eigenvalue weighted by atomic mass is 16.4. The number of carbonyl (C=O) groups is 2. The van der Waals surface area contributed by atoms with E-state index in [1.165, 1.54) is 0 Å². The van der Waals surface area contributed by atoms with Crippen LogP contribution in [0.4, 0.5) is 0 Å². The van der Waals surface area contributed by atoms with Crippen molar-refractivity contribution < 1.29 is 14.7 Å². The van der Waals surface area contributed by atoms with E-state index in [9.17, 15) is 9.59 Å². The van der Waals surface area contributed by atoms with Gasteiger partial charge >= 0.3 is 5.97 Å². The minimum absolute atomic E-state index is 0.0751. The van der Waals surface area contributed by atoms with Crippen LogP contribution in [0.1, 0.15) is 45.4 Å². The van der Waals surface area contributed by atoms with E-state index >= 15 is 0 Å². The summed E-state index contributed by atoms with van der Waals surface area (Å²) >= 11 is 0. The Morgan fingerprint density at radius 3 is 2.12 bits per heavy atom. The normalized spacial score (nSPS) is 33.7. The topological polar surface area (TPSA) is 57.6 Å². The molecule has 1 amide bonds. The van der Waals surface area contributed by atoms with Crippen molar-refractivity contribution in [3.63, 3.8) is 0 Å². The van der Waals surface area contributed by atoms with Crippen molar-refractivity contribution in [2.45, 2.75) is 51.5 Å². The molecular formula is C13H21NO3. The Kier molecular flexibility index (Phi) is 3.69. The van der Waals surface area contributed by atoms with Gasteiger partial charge in [0.05, 0.1) is 5.92 Å². The molecule has 4 heteroatoms. The van der Waals surface area contributed by atoms with Gasteiger partial charge in [0.25, 0.3) is 0 Å². The minimum atomic E-state index is -0.703. The molecule has 1 atom stereocenters. The van der Waals surface area contributed by atoms with Crippen molar-refractivity contribution in [2.24, 2.45) is 11.8 Å². The summed E-state index contributed by atoms with van der Waals surface area (Å²) in [6.07, 6.45) is 5.04. The number of hydrogen-bond donors (Lipinski definition) is 1. The second-order valence-electron chi connectivity index (χ2n) is 5.41. The van der Waals surface area contributed by atoms with Crippen LogP contribution < -0.4 is 0 Å². The van der Waals surface area contributed by atoms with E-state index in [1.807, 2.05) is 4.90 Å². The van der Waals surface area contributed by atoms with Crippen molar-refractivity contribution in [3.8, 4) is 0 Å². The Morgan fingerprint density at radius 2 is 1.65 bits per heavy atom. The first-order valence-electron chi connectivity index (χ1n) is 6.63. The maximum Gasteiger partial charge on any atom is 0.306 e. The molecule has 4 nitrogen and oxygen atoms in total. The number of hydrogen-bond acceptors (Lipinski definition) is 2. The van der Waals surface area contributed by atoms with E-state index < -0.39 is 5.97 Å². The molecule has 2 fully saturated rings. The molecular weight excluding hydrogens is 218 g/mol. The molecule has 0 bridgehead atoms. The Balaban J connectivity index is 1.88. The predicted molar refractivity (Wildman–Crippen MR) is 63.5 cm³/mol. The monoisotopic (exact) mass is 239 g/mol. The second kappa shape index (κ2) is 5.07. The van der Waals surface area contributed by atoms with Gasteiger partial charge in [0.15, 0.2) is 0 Å². The lowest BCUT2D eigenvalue weighted by Gasteiger charge is -2.30. The van der Waals surface area contributed by atoms with Crippen LogP contribution in [0.2, 0.25) is 0 Å². The first-order chi connectivity index (χ1) is 8.09. The first kappa shape index (κ1) is 12.4. The van der Waals surface area contributed by atoms with Crippen LogP contribution >= 0.6 is 0 Å². The maximum absolute atomic E-state index is 12.3. The third-order valence-electron chi connectivity index (χ3n) is 4.26. The van der Waals surface area contributed by atoms with Gasteiger partial charge in [-0.05, 0) is 45.4 Å². The van der Waals surface area contributed by atoms with Gasteiger partial charge in [-0.25, -0.2) is 0 Å². The van der Waals surface area contributed by atoms with Crippen molar-refractivity contribution in [1.29, 1.82) is 0 Å². The Morgan fingerprint density at radius 1 is 1.06 bits per heavy atom. The maximum atomic E-state index is 12.3. The summed E-state index contributed by atoms with van der Waals surface area (Å²) in [5, 5.41) is 8.92. The molecule has 2 rings (SSSR count). The summed E-state index contributed by atoms with van der Waals surface area (Å²) in [7, 11) is 0. The fourth-order valence-corrected chi connectivity index (χ4v) is 3.08. The third-order valence-corrected chi connectivity index (χ3v) is 4.26. The molecule has 0 spiro atoms. The largest absolute Gasteiger partial charge is 0.481 e. The molecule has 17 heavy (non-hydrogen) atoms. The molecule has 2 aliphatic rings. The molecule has 0 aromatic rings. The van der Waals surface area contributed by atoms with Crippen LogP contribution in [-0.2, 0) is 9.59 Å². The number of aliphatic carboxylic acids is 1. The van der Waals surface area contributed by atoms with Crippen molar-refractivity contribution in [1.82, 2.24) is 4.90 Å². The highest BCUT2D eigenvalue weighted by Crippen LogP contribution is 2.31. The first-order valence-corrected chi connectivity index (χ1v) is 6.63. The molecule has 0 aromatic carbocycles. The molecule has 1 aliphatic heterocycles. The van der Waals surface area contributed by atoms with Crippen molar-refractivity contribution in [3.05, 3.63) is 0 Å². The number of nitrogens with zero attached hydrogens (tertiary/aromatic N) is 1. The summed E-state index contributed by atoms with van der Waals surface area (Å²) < 4.78 is 0. The Hall–Kier alpha value is -1.06. The highest BCUT2D eigenvalue weighted by molar-refractivity contribution is 5.80. The lowest BCUT2D eigenvalue weighted by molar-refractivity contribution is -0.145. The van der Waals surface area contributed by atoms with E-state index in [-0.39, 0.29) is 17.7 Å². The summed E-state index contributed by atoms with van der Waals surface area (Å²) in [6.45, 7) is 2.99. The molecule has 0 aromatic heterocycles. The molecule has 96 valence electrons. The number of likely N-dealkylation sites (tertiary alicyclic amines) is 1. The smallest absolute Gasteiger partial charge is 0.306 e. The SMILES string of the molecule is CC1CCCN1C(=O)C1CCC(C(=O)O)CC1. The molecule has 0 radical (unpaired) electrons. The summed E-state index contributed by atoms with van der Waals surface area (Å²) in [5.41, 5.74) is 0. The van der Waals surface area contributed by atoms with Gasteiger partial charge in [-0.3, -0.25) is 9.59 Å². The minimum Gasteiger partial charge on any atom is -0.481 e. The Bertz CT molecular complexity index is 308. The van der Waals surface area contributed by atoms with Gasteiger partial charge in [0.2, 0.25) is 5.91 Å². The molecule has 1 unspecified atom stereocenters. The van der Waals surface area contributed by atoms with Crippen LogP contribution in [0, 0.1) is 11.8 Å². The van der Waals surface area contributed by atoms with Crippen LogP contribution in [0.15, 0.2) is 0 Å². The molecule has 1 heterocycles. The van der Waals surface area contributed by atoms with Gasteiger partial charge in [-0.2, -0.15) is 0 Å². The van der Waals surface area contributed by atoms with Crippen molar-refractivity contribution in [2.75, 3.05) is 6.54 Å². The van der Waals surface area contributed by atoms with Gasteiger partial charge in [0, 0.05) is 18.5 Å².